The summed E-state index contributed by atoms with van der Waals surface area (Å²) < 4.78 is 2.64. The Labute approximate surface area is 97.1 Å². The average molecular weight is 233 g/mol. The van der Waals surface area contributed by atoms with Crippen LogP contribution >= 0.6 is 22.9 Å². The first kappa shape index (κ1) is 9.20. The van der Waals surface area contributed by atoms with Crippen molar-refractivity contribution >= 4 is 43.1 Å². The molecule has 2 aromatic carbocycles. The third kappa shape index (κ3) is 1.27. The Bertz CT molecular complexity index is 652. The zero-order valence-electron chi connectivity index (χ0n) is 8.25. The SMILES string of the molecule is Cc1c(Cl)ccc2c1sc1ccccc12. The Balaban J connectivity index is 2.60. The summed E-state index contributed by atoms with van der Waals surface area (Å²) in [7, 11) is 0. The van der Waals surface area contributed by atoms with E-state index in [4.69, 9.17) is 11.6 Å². The molecule has 74 valence electrons. The van der Waals surface area contributed by atoms with E-state index in [2.05, 4.69) is 37.3 Å². The Hall–Kier alpha value is -1.05. The van der Waals surface area contributed by atoms with Crippen molar-refractivity contribution < 1.29 is 0 Å². The fourth-order valence-electron chi connectivity index (χ4n) is 1.90. The molecule has 0 aliphatic heterocycles. The van der Waals surface area contributed by atoms with Crippen LogP contribution in [0.5, 0.6) is 0 Å². The van der Waals surface area contributed by atoms with E-state index in [-0.39, 0.29) is 0 Å². The van der Waals surface area contributed by atoms with Gasteiger partial charge in [0.1, 0.15) is 0 Å². The highest BCUT2D eigenvalue weighted by Crippen LogP contribution is 2.37. The largest absolute Gasteiger partial charge is 0.135 e. The number of benzene rings is 2. The van der Waals surface area contributed by atoms with Gasteiger partial charge in [-0.3, -0.25) is 0 Å². The normalized spacial score (nSPS) is 11.3. The zero-order valence-corrected chi connectivity index (χ0v) is 9.82. The molecule has 0 unspecified atom stereocenters. The van der Waals surface area contributed by atoms with E-state index in [1.54, 1.807) is 0 Å². The van der Waals surface area contributed by atoms with Crippen LogP contribution in [0.3, 0.4) is 0 Å². The molecule has 0 saturated carbocycles. The quantitative estimate of drug-likeness (QED) is 0.511. The minimum Gasteiger partial charge on any atom is -0.135 e. The van der Waals surface area contributed by atoms with Gasteiger partial charge in [0.2, 0.25) is 0 Å². The van der Waals surface area contributed by atoms with Gasteiger partial charge in [0.05, 0.1) is 0 Å². The maximum absolute atomic E-state index is 6.12. The van der Waals surface area contributed by atoms with Crippen LogP contribution in [0, 0.1) is 6.92 Å². The number of halogens is 1. The maximum Gasteiger partial charge on any atom is 0.0449 e. The van der Waals surface area contributed by atoms with E-state index in [9.17, 15) is 0 Å². The van der Waals surface area contributed by atoms with Crippen molar-refractivity contribution in [1.29, 1.82) is 0 Å². The summed E-state index contributed by atoms with van der Waals surface area (Å²) in [6, 6.07) is 12.6. The first-order valence-electron chi connectivity index (χ1n) is 4.84. The molecule has 0 N–H and O–H groups in total. The predicted octanol–water partition coefficient (Wildman–Crippen LogP) is 5.02. The summed E-state index contributed by atoms with van der Waals surface area (Å²) in [6.07, 6.45) is 0. The van der Waals surface area contributed by atoms with Gasteiger partial charge in [0, 0.05) is 25.2 Å². The number of fused-ring (bicyclic) bond motifs is 3. The molecule has 0 atom stereocenters. The van der Waals surface area contributed by atoms with Crippen LogP contribution in [-0.2, 0) is 0 Å². The number of thiophene rings is 1. The molecule has 1 aromatic heterocycles. The Kier molecular flexibility index (Phi) is 1.98. The number of aryl methyl sites for hydroxylation is 1. The molecule has 3 aromatic rings. The van der Waals surface area contributed by atoms with E-state index >= 15 is 0 Å². The standard InChI is InChI=1S/C13H9ClS/c1-8-11(14)7-6-10-9-4-2-3-5-12(9)15-13(8)10/h2-7H,1H3. The molecule has 0 spiro atoms. The fourth-order valence-corrected chi connectivity index (χ4v) is 3.32. The second-order valence-electron chi connectivity index (χ2n) is 3.65. The van der Waals surface area contributed by atoms with Gasteiger partial charge in [-0.05, 0) is 24.6 Å². The molecule has 0 nitrogen and oxygen atoms in total. The van der Waals surface area contributed by atoms with Gasteiger partial charge in [0.25, 0.3) is 0 Å². The van der Waals surface area contributed by atoms with Gasteiger partial charge >= 0.3 is 0 Å². The minimum absolute atomic E-state index is 0.856. The van der Waals surface area contributed by atoms with E-state index < -0.39 is 0 Å². The van der Waals surface area contributed by atoms with E-state index in [0.717, 1.165) is 5.02 Å². The van der Waals surface area contributed by atoms with Gasteiger partial charge in [-0.1, -0.05) is 35.9 Å². The Morgan fingerprint density at radius 2 is 1.80 bits per heavy atom. The van der Waals surface area contributed by atoms with E-state index in [0.29, 0.717) is 0 Å². The van der Waals surface area contributed by atoms with Crippen molar-refractivity contribution in [2.24, 2.45) is 0 Å². The lowest BCUT2D eigenvalue weighted by Gasteiger charge is -1.98. The highest BCUT2D eigenvalue weighted by atomic mass is 35.5. The molecule has 0 saturated heterocycles. The number of hydrogen-bond donors (Lipinski definition) is 0. The van der Waals surface area contributed by atoms with Crippen LogP contribution in [0.2, 0.25) is 5.02 Å². The molecule has 1 heterocycles. The highest BCUT2D eigenvalue weighted by Gasteiger charge is 2.07. The molecular weight excluding hydrogens is 224 g/mol. The fraction of sp³-hybridized carbons (Fsp3) is 0.0769. The summed E-state index contributed by atoms with van der Waals surface area (Å²) >= 11 is 7.94. The van der Waals surface area contributed by atoms with Crippen LogP contribution in [0.4, 0.5) is 0 Å². The van der Waals surface area contributed by atoms with Crippen LogP contribution in [0.25, 0.3) is 20.2 Å². The Morgan fingerprint density at radius 3 is 2.67 bits per heavy atom. The van der Waals surface area contributed by atoms with Crippen LogP contribution in [0.15, 0.2) is 36.4 Å². The third-order valence-corrected chi connectivity index (χ3v) is 4.44. The molecule has 15 heavy (non-hydrogen) atoms. The number of rotatable bonds is 0. The molecule has 0 amide bonds. The predicted molar refractivity (Wildman–Crippen MR) is 69.1 cm³/mol. The topological polar surface area (TPSA) is 0 Å². The third-order valence-electron chi connectivity index (χ3n) is 2.73. The van der Waals surface area contributed by atoms with Gasteiger partial charge in [-0.15, -0.1) is 11.3 Å². The van der Waals surface area contributed by atoms with Gasteiger partial charge in [-0.25, -0.2) is 0 Å². The smallest absolute Gasteiger partial charge is 0.0449 e. The molecule has 0 aliphatic carbocycles. The van der Waals surface area contributed by atoms with Gasteiger partial charge in [-0.2, -0.15) is 0 Å². The summed E-state index contributed by atoms with van der Waals surface area (Å²) in [6.45, 7) is 2.08. The van der Waals surface area contributed by atoms with E-state index in [1.807, 2.05) is 17.4 Å². The van der Waals surface area contributed by atoms with Crippen LogP contribution < -0.4 is 0 Å². The van der Waals surface area contributed by atoms with Gasteiger partial charge < -0.3 is 0 Å². The maximum atomic E-state index is 6.12. The van der Waals surface area contributed by atoms with Crippen LogP contribution in [-0.4, -0.2) is 0 Å². The monoisotopic (exact) mass is 232 g/mol. The van der Waals surface area contributed by atoms with Gasteiger partial charge in [0.15, 0.2) is 0 Å². The molecule has 0 radical (unpaired) electrons. The first-order valence-corrected chi connectivity index (χ1v) is 6.03. The highest BCUT2D eigenvalue weighted by molar-refractivity contribution is 7.26. The summed E-state index contributed by atoms with van der Waals surface area (Å²) in [5.74, 6) is 0. The number of hydrogen-bond acceptors (Lipinski definition) is 1. The molecular formula is C13H9ClS. The van der Waals surface area contributed by atoms with Crippen LogP contribution in [0.1, 0.15) is 5.56 Å². The second-order valence-corrected chi connectivity index (χ2v) is 5.11. The lowest BCUT2D eigenvalue weighted by Crippen LogP contribution is -1.74. The summed E-state index contributed by atoms with van der Waals surface area (Å²) in [5.41, 5.74) is 1.19. The minimum atomic E-state index is 0.856. The second kappa shape index (κ2) is 3.22. The van der Waals surface area contributed by atoms with Crippen molar-refractivity contribution in [3.63, 3.8) is 0 Å². The average Bonchev–Trinajstić information content (AvgIpc) is 2.63. The van der Waals surface area contributed by atoms with Crippen molar-refractivity contribution in [3.8, 4) is 0 Å². The first-order chi connectivity index (χ1) is 7.27. The van der Waals surface area contributed by atoms with Crippen molar-refractivity contribution in [1.82, 2.24) is 0 Å². The van der Waals surface area contributed by atoms with E-state index in [1.165, 1.54) is 25.7 Å². The summed E-state index contributed by atoms with van der Waals surface area (Å²) in [4.78, 5) is 0. The molecule has 2 heteroatoms. The lowest BCUT2D eigenvalue weighted by molar-refractivity contribution is 1.56. The molecule has 0 bridgehead atoms. The van der Waals surface area contributed by atoms with Crippen molar-refractivity contribution in [2.75, 3.05) is 0 Å². The van der Waals surface area contributed by atoms with Crippen molar-refractivity contribution in [3.05, 3.63) is 47.0 Å². The lowest BCUT2D eigenvalue weighted by atomic mass is 10.1. The van der Waals surface area contributed by atoms with Crippen molar-refractivity contribution in [2.45, 2.75) is 6.92 Å². The summed E-state index contributed by atoms with van der Waals surface area (Å²) in [5, 5.41) is 3.50. The zero-order chi connectivity index (χ0) is 10.4. The Morgan fingerprint density at radius 1 is 1.00 bits per heavy atom. The molecule has 0 aliphatic rings. The molecule has 0 fully saturated rings. The molecule has 3 rings (SSSR count).